The van der Waals surface area contributed by atoms with Crippen molar-refractivity contribution in [2.75, 3.05) is 13.1 Å². The number of carbonyl (C=O) groups excluding carboxylic acids is 2. The molecular weight excluding hydrogens is 424 g/mol. The number of amides is 2. The average molecular weight is 445 g/mol. The predicted molar refractivity (Wildman–Crippen MR) is 114 cm³/mol. The van der Waals surface area contributed by atoms with Crippen molar-refractivity contribution in [1.29, 1.82) is 0 Å². The van der Waals surface area contributed by atoms with Crippen molar-refractivity contribution in [3.05, 3.63) is 82.3 Å². The zero-order valence-corrected chi connectivity index (χ0v) is 17.5. The second-order valence-electron chi connectivity index (χ2n) is 6.18. The van der Waals surface area contributed by atoms with Crippen LogP contribution < -0.4 is 15.4 Å². The molecule has 0 unspecified atom stereocenters. The highest BCUT2D eigenvalue weighted by Crippen LogP contribution is 2.13. The quantitative estimate of drug-likeness (QED) is 0.435. The Balaban J connectivity index is 1.47. The molecular formula is C20H20N4O4S2. The maximum Gasteiger partial charge on any atom is 0.252 e. The van der Waals surface area contributed by atoms with Crippen molar-refractivity contribution in [3.63, 3.8) is 0 Å². The molecule has 0 aliphatic carbocycles. The molecule has 1 aromatic carbocycles. The molecule has 0 fully saturated rings. The Kier molecular flexibility index (Phi) is 7.28. The second kappa shape index (κ2) is 10.1. The maximum absolute atomic E-state index is 12.3. The standard InChI is InChI=1S/C20H20N4O4S2/c25-19(22-10-11-23-20(26)16-3-1-9-21-13-16)15-5-7-18(8-6-15)30(27,28)24-14-17-4-2-12-29-17/h1-9,12-13,24H,10-11,14H2,(H,22,25)(H,23,26). The first-order valence-electron chi connectivity index (χ1n) is 9.04. The normalized spacial score (nSPS) is 11.1. The van der Waals surface area contributed by atoms with E-state index >= 15 is 0 Å². The van der Waals surface area contributed by atoms with Gasteiger partial charge in [0.25, 0.3) is 11.8 Å². The maximum atomic E-state index is 12.3. The third-order valence-corrected chi connectivity index (χ3v) is 6.36. The van der Waals surface area contributed by atoms with Gasteiger partial charge in [0.05, 0.1) is 10.5 Å². The second-order valence-corrected chi connectivity index (χ2v) is 8.98. The summed E-state index contributed by atoms with van der Waals surface area (Å²) in [5.74, 6) is -0.636. The van der Waals surface area contributed by atoms with Crippen LogP contribution in [0.1, 0.15) is 25.6 Å². The summed E-state index contributed by atoms with van der Waals surface area (Å²) in [4.78, 5) is 29.0. The number of benzene rings is 1. The van der Waals surface area contributed by atoms with Gasteiger partial charge in [-0.05, 0) is 47.8 Å². The Labute approximate surface area is 178 Å². The molecule has 2 heterocycles. The van der Waals surface area contributed by atoms with Crippen LogP contribution in [0.15, 0.2) is 71.2 Å². The first kappa shape index (κ1) is 21.6. The number of hydrogen-bond donors (Lipinski definition) is 3. The molecule has 0 bridgehead atoms. The Morgan fingerprint density at radius 2 is 1.60 bits per heavy atom. The zero-order chi connectivity index (χ0) is 21.4. The first-order valence-corrected chi connectivity index (χ1v) is 11.4. The Hall–Kier alpha value is -3.08. The highest BCUT2D eigenvalue weighted by Gasteiger charge is 2.15. The molecule has 0 radical (unpaired) electrons. The fourth-order valence-corrected chi connectivity index (χ4v) is 4.24. The Morgan fingerprint density at radius 3 is 2.20 bits per heavy atom. The summed E-state index contributed by atoms with van der Waals surface area (Å²) >= 11 is 1.47. The van der Waals surface area contributed by atoms with Gasteiger partial charge >= 0.3 is 0 Å². The van der Waals surface area contributed by atoms with E-state index in [0.29, 0.717) is 11.1 Å². The van der Waals surface area contributed by atoms with Crippen LogP contribution >= 0.6 is 11.3 Å². The summed E-state index contributed by atoms with van der Waals surface area (Å²) in [6, 6.07) is 12.7. The number of thiophene rings is 1. The number of hydrogen-bond acceptors (Lipinski definition) is 6. The van der Waals surface area contributed by atoms with Gasteiger partial charge in [-0.1, -0.05) is 6.07 Å². The minimum absolute atomic E-state index is 0.0827. The molecule has 0 saturated carbocycles. The van der Waals surface area contributed by atoms with Crippen LogP contribution in [0.25, 0.3) is 0 Å². The van der Waals surface area contributed by atoms with E-state index in [4.69, 9.17) is 0 Å². The van der Waals surface area contributed by atoms with E-state index in [-0.39, 0.29) is 36.3 Å². The number of nitrogens with zero attached hydrogens (tertiary/aromatic N) is 1. The molecule has 0 aliphatic rings. The lowest BCUT2D eigenvalue weighted by molar-refractivity contribution is 0.0927. The molecule has 10 heteroatoms. The first-order chi connectivity index (χ1) is 14.5. The lowest BCUT2D eigenvalue weighted by Gasteiger charge is -2.09. The summed E-state index contributed by atoms with van der Waals surface area (Å²) in [7, 11) is -3.66. The number of nitrogens with one attached hydrogen (secondary N) is 3. The Morgan fingerprint density at radius 1 is 0.900 bits per heavy atom. The van der Waals surface area contributed by atoms with Crippen molar-refractivity contribution in [1.82, 2.24) is 20.3 Å². The third kappa shape index (κ3) is 5.96. The van der Waals surface area contributed by atoms with E-state index in [2.05, 4.69) is 20.3 Å². The van der Waals surface area contributed by atoms with Crippen LogP contribution in [0, 0.1) is 0 Å². The van der Waals surface area contributed by atoms with Crippen molar-refractivity contribution in [3.8, 4) is 0 Å². The van der Waals surface area contributed by atoms with Crippen molar-refractivity contribution < 1.29 is 18.0 Å². The molecule has 3 rings (SSSR count). The molecule has 30 heavy (non-hydrogen) atoms. The summed E-state index contributed by atoms with van der Waals surface area (Å²) in [6.07, 6.45) is 3.03. The van der Waals surface area contributed by atoms with E-state index in [1.165, 1.54) is 41.8 Å². The number of carbonyl (C=O) groups is 2. The monoisotopic (exact) mass is 444 g/mol. The van der Waals surface area contributed by atoms with E-state index < -0.39 is 10.0 Å². The molecule has 0 atom stereocenters. The van der Waals surface area contributed by atoms with Crippen LogP contribution in [0.2, 0.25) is 0 Å². The van der Waals surface area contributed by atoms with Crippen LogP contribution in [0.3, 0.4) is 0 Å². The SMILES string of the molecule is O=C(NCCNC(=O)c1cccnc1)c1ccc(S(=O)(=O)NCc2cccs2)cc1. The molecule has 3 N–H and O–H groups in total. The number of rotatable bonds is 9. The minimum atomic E-state index is -3.66. The van der Waals surface area contributed by atoms with Crippen molar-refractivity contribution >= 4 is 33.2 Å². The molecule has 8 nitrogen and oxygen atoms in total. The van der Waals surface area contributed by atoms with E-state index in [0.717, 1.165) is 4.88 Å². The molecule has 0 aliphatic heterocycles. The topological polar surface area (TPSA) is 117 Å². The Bertz CT molecular complexity index is 1080. The zero-order valence-electron chi connectivity index (χ0n) is 15.9. The predicted octanol–water partition coefficient (Wildman–Crippen LogP) is 1.78. The van der Waals surface area contributed by atoms with Gasteiger partial charge in [-0.2, -0.15) is 0 Å². The highest BCUT2D eigenvalue weighted by atomic mass is 32.2. The van der Waals surface area contributed by atoms with Crippen LogP contribution in [0.4, 0.5) is 0 Å². The van der Waals surface area contributed by atoms with E-state index in [1.54, 1.807) is 18.3 Å². The van der Waals surface area contributed by atoms with Crippen molar-refractivity contribution in [2.24, 2.45) is 0 Å². The lowest BCUT2D eigenvalue weighted by atomic mass is 10.2. The summed E-state index contributed by atoms with van der Waals surface area (Å²) in [6.45, 7) is 0.693. The van der Waals surface area contributed by atoms with Gasteiger partial charge in [0, 0.05) is 42.5 Å². The lowest BCUT2D eigenvalue weighted by Crippen LogP contribution is -2.34. The minimum Gasteiger partial charge on any atom is -0.350 e. The largest absolute Gasteiger partial charge is 0.350 e. The van der Waals surface area contributed by atoms with Gasteiger partial charge in [-0.25, -0.2) is 13.1 Å². The molecule has 3 aromatic rings. The van der Waals surface area contributed by atoms with Gasteiger partial charge in [-0.15, -0.1) is 11.3 Å². The molecule has 2 amide bonds. The van der Waals surface area contributed by atoms with E-state index in [9.17, 15) is 18.0 Å². The van der Waals surface area contributed by atoms with Crippen LogP contribution in [-0.2, 0) is 16.6 Å². The van der Waals surface area contributed by atoms with Gasteiger partial charge in [0.15, 0.2) is 0 Å². The number of pyridine rings is 1. The molecule has 0 saturated heterocycles. The van der Waals surface area contributed by atoms with Gasteiger partial charge in [0.2, 0.25) is 10.0 Å². The average Bonchev–Trinajstić information content (AvgIpc) is 3.29. The third-order valence-electron chi connectivity index (χ3n) is 4.06. The summed E-state index contributed by atoms with van der Waals surface area (Å²) in [5.41, 5.74) is 0.763. The van der Waals surface area contributed by atoms with E-state index in [1.807, 2.05) is 17.5 Å². The summed E-state index contributed by atoms with van der Waals surface area (Å²) in [5, 5.41) is 7.23. The molecule has 2 aromatic heterocycles. The van der Waals surface area contributed by atoms with Crippen LogP contribution in [-0.4, -0.2) is 38.3 Å². The fourth-order valence-electron chi connectivity index (χ4n) is 2.50. The number of sulfonamides is 1. The highest BCUT2D eigenvalue weighted by molar-refractivity contribution is 7.89. The fraction of sp³-hybridized carbons (Fsp3) is 0.150. The molecule has 156 valence electrons. The molecule has 0 spiro atoms. The van der Waals surface area contributed by atoms with Crippen molar-refractivity contribution in [2.45, 2.75) is 11.4 Å². The summed E-state index contributed by atoms with van der Waals surface area (Å²) < 4.78 is 27.2. The number of aromatic nitrogens is 1. The van der Waals surface area contributed by atoms with Crippen LogP contribution in [0.5, 0.6) is 0 Å². The van der Waals surface area contributed by atoms with Gasteiger partial charge in [-0.3, -0.25) is 14.6 Å². The van der Waals surface area contributed by atoms with Gasteiger partial charge in [0.1, 0.15) is 0 Å². The smallest absolute Gasteiger partial charge is 0.252 e. The van der Waals surface area contributed by atoms with Gasteiger partial charge < -0.3 is 10.6 Å².